The van der Waals surface area contributed by atoms with Crippen molar-refractivity contribution in [2.24, 2.45) is 5.92 Å². The molecule has 0 nitrogen and oxygen atoms in total. The van der Waals surface area contributed by atoms with Crippen LogP contribution < -0.4 is 0 Å². The Bertz CT molecular complexity index is 1280. The third kappa shape index (κ3) is 2.59. The Morgan fingerprint density at radius 1 is 0.793 bits per heavy atom. The Kier molecular flexibility index (Phi) is 4.01. The number of hydrogen-bond donors (Lipinski definition) is 0. The smallest absolute Gasteiger partial charge is 0.0256 e. The molecule has 0 amide bonds. The van der Waals surface area contributed by atoms with E-state index in [2.05, 4.69) is 102 Å². The van der Waals surface area contributed by atoms with Crippen LogP contribution in [-0.2, 0) is 6.42 Å². The minimum atomic E-state index is 0.488. The standard InChI is InChI=1S/C27H19BrS/c1-16-14-17-15-22(28)18-8-2-3-9-19(18)26(17)25(16)27-20-10-4-6-12-23(20)29-24-13-7-5-11-21(24)27/h2-13,15-16H,14H2,1H3. The Morgan fingerprint density at radius 2 is 1.38 bits per heavy atom. The van der Waals surface area contributed by atoms with E-state index in [0.717, 1.165) is 6.42 Å². The number of fused-ring (bicyclic) bond motifs is 5. The van der Waals surface area contributed by atoms with Gasteiger partial charge in [-0.15, -0.1) is 0 Å². The van der Waals surface area contributed by atoms with Gasteiger partial charge in [0, 0.05) is 14.3 Å². The van der Waals surface area contributed by atoms with E-state index in [1.807, 2.05) is 11.8 Å². The lowest BCUT2D eigenvalue weighted by atomic mass is 9.85. The van der Waals surface area contributed by atoms with Gasteiger partial charge in [0.2, 0.25) is 0 Å². The first-order valence-electron chi connectivity index (χ1n) is 10.0. The molecule has 1 aliphatic heterocycles. The van der Waals surface area contributed by atoms with Crippen LogP contribution in [0, 0.1) is 5.92 Å². The van der Waals surface area contributed by atoms with E-state index in [1.165, 1.54) is 58.4 Å². The zero-order valence-corrected chi connectivity index (χ0v) is 18.5. The molecule has 0 radical (unpaired) electrons. The quantitative estimate of drug-likeness (QED) is 0.227. The summed E-state index contributed by atoms with van der Waals surface area (Å²) in [6.07, 6.45) is 1.09. The van der Waals surface area contributed by atoms with Gasteiger partial charge in [-0.05, 0) is 74.7 Å². The van der Waals surface area contributed by atoms with Crippen LogP contribution in [0.1, 0.15) is 29.2 Å². The SMILES string of the molecule is CC1Cc2cc(Br)c3ccccc3c2C1=C1c2ccccc2Sc2ccccc21. The number of hydrogen-bond acceptors (Lipinski definition) is 1. The van der Waals surface area contributed by atoms with E-state index >= 15 is 0 Å². The van der Waals surface area contributed by atoms with Crippen LogP contribution in [0.3, 0.4) is 0 Å². The fourth-order valence-electron chi connectivity index (χ4n) is 4.99. The van der Waals surface area contributed by atoms with Gasteiger partial charge in [0.05, 0.1) is 0 Å². The van der Waals surface area contributed by atoms with Crippen LogP contribution in [0.4, 0.5) is 0 Å². The Labute approximate surface area is 183 Å². The first kappa shape index (κ1) is 17.6. The summed E-state index contributed by atoms with van der Waals surface area (Å²) in [7, 11) is 0. The van der Waals surface area contributed by atoms with Gasteiger partial charge >= 0.3 is 0 Å². The highest BCUT2D eigenvalue weighted by Crippen LogP contribution is 2.53. The summed E-state index contributed by atoms with van der Waals surface area (Å²) in [5.41, 5.74) is 8.58. The summed E-state index contributed by atoms with van der Waals surface area (Å²) in [6, 6.07) is 28.9. The van der Waals surface area contributed by atoms with Gasteiger partial charge in [-0.25, -0.2) is 0 Å². The zero-order valence-electron chi connectivity index (χ0n) is 16.1. The second-order valence-corrected chi connectivity index (χ2v) is 9.86. The minimum Gasteiger partial charge on any atom is -0.0888 e. The van der Waals surface area contributed by atoms with Crippen LogP contribution in [-0.4, -0.2) is 0 Å². The van der Waals surface area contributed by atoms with Crippen molar-refractivity contribution in [1.29, 1.82) is 0 Å². The van der Waals surface area contributed by atoms with E-state index in [1.54, 1.807) is 0 Å². The fraction of sp³-hybridized carbons (Fsp3) is 0.111. The lowest BCUT2D eigenvalue weighted by molar-refractivity contribution is 0.781. The molecule has 2 heteroatoms. The van der Waals surface area contributed by atoms with Crippen LogP contribution >= 0.6 is 27.7 Å². The van der Waals surface area contributed by atoms with Crippen molar-refractivity contribution >= 4 is 49.6 Å². The summed E-state index contributed by atoms with van der Waals surface area (Å²) >= 11 is 5.71. The summed E-state index contributed by atoms with van der Waals surface area (Å²) in [4.78, 5) is 2.71. The topological polar surface area (TPSA) is 0 Å². The maximum Gasteiger partial charge on any atom is 0.0256 e. The molecule has 0 fully saturated rings. The fourth-order valence-corrected chi connectivity index (χ4v) is 6.70. The monoisotopic (exact) mass is 454 g/mol. The molecule has 0 spiro atoms. The van der Waals surface area contributed by atoms with Gasteiger partial charge in [0.15, 0.2) is 0 Å². The summed E-state index contributed by atoms with van der Waals surface area (Å²) in [6.45, 7) is 2.39. The highest BCUT2D eigenvalue weighted by molar-refractivity contribution is 9.10. The highest BCUT2D eigenvalue weighted by atomic mass is 79.9. The second-order valence-electron chi connectivity index (χ2n) is 7.93. The molecule has 1 heterocycles. The molecule has 0 N–H and O–H groups in total. The predicted molar refractivity (Wildman–Crippen MR) is 127 cm³/mol. The molecule has 1 atom stereocenters. The predicted octanol–water partition coefficient (Wildman–Crippen LogP) is 8.22. The van der Waals surface area contributed by atoms with Crippen LogP contribution in [0.2, 0.25) is 0 Å². The van der Waals surface area contributed by atoms with Crippen molar-refractivity contribution in [2.75, 3.05) is 0 Å². The Hall–Kier alpha value is -2.29. The van der Waals surface area contributed by atoms with Crippen molar-refractivity contribution in [1.82, 2.24) is 0 Å². The Balaban J connectivity index is 1.78. The van der Waals surface area contributed by atoms with Gasteiger partial charge < -0.3 is 0 Å². The van der Waals surface area contributed by atoms with E-state index in [4.69, 9.17) is 0 Å². The van der Waals surface area contributed by atoms with Crippen molar-refractivity contribution in [3.63, 3.8) is 0 Å². The second kappa shape index (κ2) is 6.62. The highest BCUT2D eigenvalue weighted by Gasteiger charge is 2.32. The van der Waals surface area contributed by atoms with E-state index in [9.17, 15) is 0 Å². The first-order chi connectivity index (χ1) is 14.2. The molecule has 1 aliphatic carbocycles. The van der Waals surface area contributed by atoms with E-state index in [0.29, 0.717) is 5.92 Å². The van der Waals surface area contributed by atoms with Gasteiger partial charge in [0.25, 0.3) is 0 Å². The van der Waals surface area contributed by atoms with Gasteiger partial charge in [-0.1, -0.05) is 95.3 Å². The van der Waals surface area contributed by atoms with Crippen LogP contribution in [0.25, 0.3) is 21.9 Å². The minimum absolute atomic E-state index is 0.488. The van der Waals surface area contributed by atoms with Gasteiger partial charge in [-0.3, -0.25) is 0 Å². The summed E-state index contributed by atoms with van der Waals surface area (Å²) in [5.74, 6) is 0.488. The summed E-state index contributed by atoms with van der Waals surface area (Å²) < 4.78 is 1.20. The zero-order chi connectivity index (χ0) is 19.5. The molecule has 1 unspecified atom stereocenters. The lowest BCUT2D eigenvalue weighted by Gasteiger charge is -2.26. The van der Waals surface area contributed by atoms with Crippen molar-refractivity contribution in [2.45, 2.75) is 23.1 Å². The van der Waals surface area contributed by atoms with Crippen molar-refractivity contribution < 1.29 is 0 Å². The largest absolute Gasteiger partial charge is 0.0888 e. The number of allylic oxidation sites excluding steroid dienone is 1. The molecule has 2 aliphatic rings. The number of halogens is 1. The molecule has 29 heavy (non-hydrogen) atoms. The molecular weight excluding hydrogens is 436 g/mol. The van der Waals surface area contributed by atoms with Gasteiger partial charge in [0.1, 0.15) is 0 Å². The van der Waals surface area contributed by atoms with Crippen molar-refractivity contribution in [3.05, 3.63) is 106 Å². The third-order valence-corrected chi connectivity index (χ3v) is 7.97. The molecule has 0 saturated carbocycles. The van der Waals surface area contributed by atoms with E-state index < -0.39 is 0 Å². The molecule has 140 valence electrons. The molecule has 4 aromatic rings. The first-order valence-corrected chi connectivity index (χ1v) is 11.6. The van der Waals surface area contributed by atoms with Crippen LogP contribution in [0.15, 0.2) is 93.1 Å². The molecule has 6 rings (SSSR count). The average Bonchev–Trinajstić information content (AvgIpc) is 3.07. The van der Waals surface area contributed by atoms with E-state index in [-0.39, 0.29) is 0 Å². The van der Waals surface area contributed by atoms with Crippen LogP contribution in [0.5, 0.6) is 0 Å². The maximum atomic E-state index is 3.82. The van der Waals surface area contributed by atoms with Crippen molar-refractivity contribution in [3.8, 4) is 0 Å². The maximum absolute atomic E-state index is 3.82. The average molecular weight is 455 g/mol. The molecule has 4 aromatic carbocycles. The lowest BCUT2D eigenvalue weighted by Crippen LogP contribution is -2.04. The molecule has 0 bridgehead atoms. The normalized spacial score (nSPS) is 17.2. The molecular formula is C27H19BrS. The molecule has 0 saturated heterocycles. The van der Waals surface area contributed by atoms with Gasteiger partial charge in [-0.2, -0.15) is 0 Å². The summed E-state index contributed by atoms with van der Waals surface area (Å²) in [5, 5.41) is 2.65. The third-order valence-electron chi connectivity index (χ3n) is 6.17. The Morgan fingerprint density at radius 3 is 2.07 bits per heavy atom. The number of benzene rings is 4. The number of rotatable bonds is 0. The molecule has 0 aromatic heterocycles.